The molecule has 1 aromatic carbocycles. The molecule has 70 valence electrons. The molecule has 0 aliphatic heterocycles. The molecule has 0 heterocycles. The number of hydrogen-bond acceptors (Lipinski definition) is 2. The molecule has 0 spiro atoms. The molecule has 13 heavy (non-hydrogen) atoms. The van der Waals surface area contributed by atoms with Gasteiger partial charge in [0.1, 0.15) is 5.75 Å². The van der Waals surface area contributed by atoms with Crippen molar-refractivity contribution in [3.05, 3.63) is 27.7 Å². The zero-order valence-electron chi connectivity index (χ0n) is 7.23. The second-order valence-electron chi connectivity index (χ2n) is 2.58. The van der Waals surface area contributed by atoms with Gasteiger partial charge in [-0.3, -0.25) is 4.79 Å². The van der Waals surface area contributed by atoms with Gasteiger partial charge in [-0.05, 0) is 52.2 Å². The highest BCUT2D eigenvalue weighted by Crippen LogP contribution is 2.28. The second kappa shape index (κ2) is 4.11. The number of methoxy groups -OCH3 is 1. The number of carbonyl (C=O) groups is 1. The summed E-state index contributed by atoms with van der Waals surface area (Å²) in [7, 11) is 1.54. The maximum atomic E-state index is 10.9. The minimum atomic E-state index is -0.469. The van der Waals surface area contributed by atoms with Gasteiger partial charge in [0.05, 0.1) is 11.6 Å². The Balaban J connectivity index is 3.30. The molecule has 1 aromatic rings. The Kier molecular flexibility index (Phi) is 3.33. The Hall–Kier alpha value is -0.540. The molecule has 0 saturated carbocycles. The van der Waals surface area contributed by atoms with Crippen LogP contribution in [0.3, 0.4) is 0 Å². The zero-order chi connectivity index (χ0) is 10.0. The first-order valence-corrected chi connectivity index (χ1v) is 4.77. The van der Waals surface area contributed by atoms with Crippen LogP contribution >= 0.6 is 27.5 Å². The third-order valence-electron chi connectivity index (χ3n) is 1.71. The van der Waals surface area contributed by atoms with Crippen LogP contribution in [0.15, 0.2) is 16.6 Å². The van der Waals surface area contributed by atoms with Crippen LogP contribution in [-0.2, 0) is 0 Å². The van der Waals surface area contributed by atoms with Gasteiger partial charge >= 0.3 is 0 Å². The molecular formula is C9H8BrClO2. The average Bonchev–Trinajstić information content (AvgIpc) is 2.03. The lowest BCUT2D eigenvalue weighted by molar-refractivity contribution is 0.108. The molecule has 0 unspecified atom stereocenters. The highest BCUT2D eigenvalue weighted by molar-refractivity contribution is 9.10. The predicted molar refractivity (Wildman–Crippen MR) is 55.6 cm³/mol. The molecule has 0 aromatic heterocycles. The maximum absolute atomic E-state index is 10.9. The number of halogens is 2. The first-order chi connectivity index (χ1) is 6.06. The van der Waals surface area contributed by atoms with Crippen molar-refractivity contribution in [2.24, 2.45) is 0 Å². The number of ether oxygens (including phenoxy) is 1. The van der Waals surface area contributed by atoms with Crippen LogP contribution in [0.5, 0.6) is 5.75 Å². The van der Waals surface area contributed by atoms with Crippen LogP contribution in [0.2, 0.25) is 0 Å². The number of aryl methyl sites for hydroxylation is 1. The fourth-order valence-electron chi connectivity index (χ4n) is 1.02. The fourth-order valence-corrected chi connectivity index (χ4v) is 1.84. The molecule has 0 N–H and O–H groups in total. The Bertz CT molecular complexity index is 350. The van der Waals surface area contributed by atoms with E-state index in [1.807, 2.05) is 6.92 Å². The zero-order valence-corrected chi connectivity index (χ0v) is 9.57. The van der Waals surface area contributed by atoms with Gasteiger partial charge in [0, 0.05) is 5.56 Å². The highest BCUT2D eigenvalue weighted by Gasteiger charge is 2.10. The average molecular weight is 264 g/mol. The summed E-state index contributed by atoms with van der Waals surface area (Å²) in [5.41, 5.74) is 1.30. The Labute approximate surface area is 90.0 Å². The van der Waals surface area contributed by atoms with Gasteiger partial charge in [-0.25, -0.2) is 0 Å². The van der Waals surface area contributed by atoms with Gasteiger partial charge in [0.2, 0.25) is 0 Å². The Morgan fingerprint density at radius 2 is 2.15 bits per heavy atom. The minimum Gasteiger partial charge on any atom is -0.496 e. The van der Waals surface area contributed by atoms with Gasteiger partial charge in [0.15, 0.2) is 0 Å². The van der Waals surface area contributed by atoms with Gasteiger partial charge in [-0.15, -0.1) is 0 Å². The first kappa shape index (κ1) is 10.5. The third kappa shape index (κ3) is 2.23. The molecule has 0 aliphatic carbocycles. The third-order valence-corrected chi connectivity index (χ3v) is 2.53. The monoisotopic (exact) mass is 262 g/mol. The van der Waals surface area contributed by atoms with E-state index in [1.165, 1.54) is 7.11 Å². The maximum Gasteiger partial charge on any atom is 0.252 e. The van der Waals surface area contributed by atoms with E-state index in [4.69, 9.17) is 16.3 Å². The Morgan fingerprint density at radius 1 is 1.54 bits per heavy atom. The van der Waals surface area contributed by atoms with Crippen molar-refractivity contribution in [2.45, 2.75) is 6.92 Å². The van der Waals surface area contributed by atoms with Crippen LogP contribution in [0, 0.1) is 6.92 Å². The lowest BCUT2D eigenvalue weighted by atomic mass is 10.1. The van der Waals surface area contributed by atoms with Crippen molar-refractivity contribution in [1.82, 2.24) is 0 Å². The summed E-state index contributed by atoms with van der Waals surface area (Å²) in [6.07, 6.45) is 0. The van der Waals surface area contributed by atoms with Crippen molar-refractivity contribution >= 4 is 32.8 Å². The van der Waals surface area contributed by atoms with E-state index in [2.05, 4.69) is 15.9 Å². The second-order valence-corrected chi connectivity index (χ2v) is 3.77. The lowest BCUT2D eigenvalue weighted by Crippen LogP contribution is -1.95. The van der Waals surface area contributed by atoms with Crippen LogP contribution < -0.4 is 4.74 Å². The molecular weight excluding hydrogens is 255 g/mol. The van der Waals surface area contributed by atoms with Crippen molar-refractivity contribution in [1.29, 1.82) is 0 Å². The van der Waals surface area contributed by atoms with E-state index in [0.717, 1.165) is 10.0 Å². The number of rotatable bonds is 2. The smallest absolute Gasteiger partial charge is 0.252 e. The summed E-state index contributed by atoms with van der Waals surface area (Å²) >= 11 is 8.69. The van der Waals surface area contributed by atoms with Gasteiger partial charge in [0.25, 0.3) is 5.24 Å². The van der Waals surface area contributed by atoms with Crippen molar-refractivity contribution in [3.63, 3.8) is 0 Å². The lowest BCUT2D eigenvalue weighted by Gasteiger charge is -2.06. The van der Waals surface area contributed by atoms with Crippen LogP contribution in [0.1, 0.15) is 15.9 Å². The molecule has 2 nitrogen and oxygen atoms in total. The molecule has 0 fully saturated rings. The number of hydrogen-bond donors (Lipinski definition) is 0. The van der Waals surface area contributed by atoms with E-state index in [1.54, 1.807) is 12.1 Å². The molecule has 4 heteroatoms. The molecule has 0 radical (unpaired) electrons. The SMILES string of the molecule is COc1cc(C(=O)Cl)c(C)cc1Br. The van der Waals surface area contributed by atoms with Crippen molar-refractivity contribution in [2.75, 3.05) is 7.11 Å². The topological polar surface area (TPSA) is 26.3 Å². The van der Waals surface area contributed by atoms with Crippen LogP contribution in [-0.4, -0.2) is 12.4 Å². The van der Waals surface area contributed by atoms with Crippen molar-refractivity contribution < 1.29 is 9.53 Å². The number of benzene rings is 1. The van der Waals surface area contributed by atoms with Gasteiger partial charge < -0.3 is 4.74 Å². The fraction of sp³-hybridized carbons (Fsp3) is 0.222. The van der Waals surface area contributed by atoms with Crippen LogP contribution in [0.4, 0.5) is 0 Å². The molecule has 0 amide bonds. The van der Waals surface area contributed by atoms with Crippen LogP contribution in [0.25, 0.3) is 0 Å². The molecule has 0 aliphatic rings. The van der Waals surface area contributed by atoms with Gasteiger partial charge in [-0.2, -0.15) is 0 Å². The normalized spacial score (nSPS) is 9.85. The quantitative estimate of drug-likeness (QED) is 0.766. The largest absolute Gasteiger partial charge is 0.496 e. The van der Waals surface area contributed by atoms with E-state index in [-0.39, 0.29) is 0 Å². The van der Waals surface area contributed by atoms with E-state index >= 15 is 0 Å². The summed E-state index contributed by atoms with van der Waals surface area (Å²) in [6.45, 7) is 1.82. The predicted octanol–water partition coefficient (Wildman–Crippen LogP) is 3.15. The minimum absolute atomic E-state index is 0.469. The van der Waals surface area contributed by atoms with Crippen molar-refractivity contribution in [3.8, 4) is 5.75 Å². The summed E-state index contributed by atoms with van der Waals surface area (Å²) < 4.78 is 5.85. The first-order valence-electron chi connectivity index (χ1n) is 3.60. The number of carbonyl (C=O) groups excluding carboxylic acids is 1. The molecule has 1 rings (SSSR count). The molecule has 0 bridgehead atoms. The van der Waals surface area contributed by atoms with E-state index < -0.39 is 5.24 Å². The van der Waals surface area contributed by atoms with E-state index in [0.29, 0.717) is 11.3 Å². The summed E-state index contributed by atoms with van der Waals surface area (Å²) in [5, 5.41) is -0.469. The summed E-state index contributed by atoms with van der Waals surface area (Å²) in [5.74, 6) is 0.606. The van der Waals surface area contributed by atoms with Gasteiger partial charge in [-0.1, -0.05) is 0 Å². The highest BCUT2D eigenvalue weighted by atomic mass is 79.9. The molecule has 0 saturated heterocycles. The summed E-state index contributed by atoms with van der Waals surface area (Å²) in [6, 6.07) is 3.42. The Morgan fingerprint density at radius 3 is 2.62 bits per heavy atom. The standard InChI is InChI=1S/C9H8BrClO2/c1-5-3-7(10)8(13-2)4-6(5)9(11)12/h3-4H,1-2H3. The summed E-state index contributed by atoms with van der Waals surface area (Å²) in [4.78, 5) is 10.9. The molecule has 0 atom stereocenters. The van der Waals surface area contributed by atoms with E-state index in [9.17, 15) is 4.79 Å².